The Hall–Kier alpha value is -2.98. The van der Waals surface area contributed by atoms with Crippen LogP contribution in [0.25, 0.3) is 11.3 Å². The van der Waals surface area contributed by atoms with E-state index in [1.807, 2.05) is 0 Å². The molecule has 0 bridgehead atoms. The zero-order valence-electron chi connectivity index (χ0n) is 15.7. The number of hydrogen-bond acceptors (Lipinski definition) is 6. The second-order valence-electron chi connectivity index (χ2n) is 7.05. The lowest BCUT2D eigenvalue weighted by Gasteiger charge is -2.52. The highest BCUT2D eigenvalue weighted by atomic mass is 35.5. The Morgan fingerprint density at radius 3 is 2.67 bits per heavy atom. The number of nitrogens with one attached hydrogen (secondary N) is 1. The topological polar surface area (TPSA) is 133 Å². The molecule has 2 unspecified atom stereocenters. The van der Waals surface area contributed by atoms with Crippen LogP contribution in [0.3, 0.4) is 0 Å². The maximum absolute atomic E-state index is 13.0. The molecule has 2 aliphatic heterocycles. The number of carboxylic acids is 1. The van der Waals surface area contributed by atoms with Gasteiger partial charge in [-0.1, -0.05) is 35.0 Å². The Labute approximate surface area is 179 Å². The zero-order valence-corrected chi connectivity index (χ0v) is 17.3. The maximum Gasteiger partial charge on any atom is 0.406 e. The van der Waals surface area contributed by atoms with E-state index in [2.05, 4.69) is 10.5 Å². The van der Waals surface area contributed by atoms with Crippen LogP contribution in [0.5, 0.6) is 0 Å². The van der Waals surface area contributed by atoms with Crippen LogP contribution < -0.4 is 5.32 Å². The van der Waals surface area contributed by atoms with Gasteiger partial charge in [-0.3, -0.25) is 9.69 Å². The quantitative estimate of drug-likeness (QED) is 0.606. The van der Waals surface area contributed by atoms with Crippen LogP contribution in [0.15, 0.2) is 40.6 Å². The Bertz CT molecular complexity index is 1120. The van der Waals surface area contributed by atoms with Crippen molar-refractivity contribution in [2.45, 2.75) is 30.0 Å². The smallest absolute Gasteiger partial charge is 0.406 e. The Kier molecular flexibility index (Phi) is 4.78. The van der Waals surface area contributed by atoms with E-state index < -0.39 is 34.1 Å². The second kappa shape index (κ2) is 7.06. The monoisotopic (exact) mass is 449 g/mol. The Morgan fingerprint density at radius 1 is 1.33 bits per heavy atom. The molecule has 0 spiro atoms. The molecule has 9 nitrogen and oxygen atoms in total. The van der Waals surface area contributed by atoms with Crippen molar-refractivity contribution in [3.05, 3.63) is 52.4 Å². The first-order valence-electron chi connectivity index (χ1n) is 8.82. The molecule has 0 radical (unpaired) electrons. The lowest BCUT2D eigenvalue weighted by molar-refractivity contribution is -0.148. The molecule has 0 saturated carbocycles. The number of β-lactam (4-membered cyclic amide) rings is 1. The van der Waals surface area contributed by atoms with Crippen molar-refractivity contribution < 1.29 is 29.1 Å². The van der Waals surface area contributed by atoms with E-state index in [1.54, 1.807) is 38.1 Å². The number of carbonyl (C=O) groups is 3. The van der Waals surface area contributed by atoms with Crippen LogP contribution >= 0.6 is 23.4 Å². The number of rotatable bonds is 4. The normalized spacial score (nSPS) is 25.2. The molecule has 3 atom stereocenters. The maximum atomic E-state index is 13.0. The molecule has 3 heterocycles. The lowest BCUT2D eigenvalue weighted by Crippen LogP contribution is -2.63. The second-order valence-corrected chi connectivity index (χ2v) is 9.02. The van der Waals surface area contributed by atoms with Gasteiger partial charge in [0.25, 0.3) is 0 Å². The number of thioether (sulfide) groups is 1. The first-order valence-corrected chi connectivity index (χ1v) is 10.1. The van der Waals surface area contributed by atoms with Gasteiger partial charge in [-0.15, -0.1) is 11.8 Å². The highest BCUT2D eigenvalue weighted by molar-refractivity contribution is 8.01. The summed E-state index contributed by atoms with van der Waals surface area (Å²) in [6.07, 6.45) is -0.0756. The third kappa shape index (κ3) is 3.12. The van der Waals surface area contributed by atoms with Gasteiger partial charge in [-0.05, 0) is 26.0 Å². The van der Waals surface area contributed by atoms with E-state index in [-0.39, 0.29) is 5.70 Å². The largest absolute Gasteiger partial charge is 0.477 e. The number of carboxylic acid groups (broad SMARTS) is 2. The highest BCUT2D eigenvalue weighted by Crippen LogP contribution is 2.53. The minimum absolute atomic E-state index is 0.273. The average Bonchev–Trinajstić information content (AvgIpc) is 3.01. The molecule has 1 aromatic heterocycles. The first kappa shape index (κ1) is 20.3. The number of nitrogens with zero attached hydrogens (tertiary/aromatic N) is 2. The molecule has 2 aliphatic rings. The fourth-order valence-corrected chi connectivity index (χ4v) is 5.52. The molecular formula is C19H16ClN3O6S. The number of aryl methyl sites for hydroxylation is 1. The van der Waals surface area contributed by atoms with Gasteiger partial charge in [0.2, 0.25) is 5.91 Å². The van der Waals surface area contributed by atoms with E-state index in [4.69, 9.17) is 16.1 Å². The van der Waals surface area contributed by atoms with Crippen molar-refractivity contribution in [2.75, 3.05) is 0 Å². The van der Waals surface area contributed by atoms with Crippen LogP contribution in [0.1, 0.15) is 24.2 Å². The third-order valence-corrected chi connectivity index (χ3v) is 6.77. The van der Waals surface area contributed by atoms with Crippen LogP contribution in [0, 0.1) is 6.92 Å². The number of fused-ring (bicyclic) bond motifs is 1. The number of benzene rings is 1. The van der Waals surface area contributed by atoms with Gasteiger partial charge < -0.3 is 20.1 Å². The van der Waals surface area contributed by atoms with E-state index in [9.17, 15) is 24.6 Å². The molecule has 1 saturated heterocycles. The number of amides is 2. The predicted molar refractivity (Wildman–Crippen MR) is 108 cm³/mol. The first-order chi connectivity index (χ1) is 14.1. The Morgan fingerprint density at radius 2 is 2.03 bits per heavy atom. The molecular weight excluding hydrogens is 434 g/mol. The van der Waals surface area contributed by atoms with Crippen molar-refractivity contribution in [1.82, 2.24) is 15.4 Å². The summed E-state index contributed by atoms with van der Waals surface area (Å²) in [4.78, 5) is 36.0. The highest BCUT2D eigenvalue weighted by Gasteiger charge is 2.58. The number of halogens is 1. The number of carbonyl (C=O) groups excluding carboxylic acids is 1. The summed E-state index contributed by atoms with van der Waals surface area (Å²) in [5.74, 6) is -2.12. The summed E-state index contributed by atoms with van der Waals surface area (Å²) < 4.78 is 5.35. The molecule has 30 heavy (non-hydrogen) atoms. The summed E-state index contributed by atoms with van der Waals surface area (Å²) in [6, 6.07) is 6.97. The molecule has 2 amide bonds. The van der Waals surface area contributed by atoms with Crippen LogP contribution in [-0.4, -0.2) is 48.5 Å². The SMILES string of the molecule is Cc1onc(-c2ccccc2Cl)c1C1C(=O)N2C(C(=O)O)=CC(C)(NC(=O)O)S[C@H]12. The van der Waals surface area contributed by atoms with Gasteiger partial charge in [0.1, 0.15) is 27.4 Å². The molecule has 1 fully saturated rings. The molecule has 1 aromatic carbocycles. The number of hydrogen-bond donors (Lipinski definition) is 3. The fourth-order valence-electron chi connectivity index (χ4n) is 3.76. The van der Waals surface area contributed by atoms with Gasteiger partial charge in [0.05, 0.1) is 10.9 Å². The summed E-state index contributed by atoms with van der Waals surface area (Å²) in [5, 5.41) is 24.9. The molecule has 2 aromatic rings. The third-order valence-electron chi connectivity index (χ3n) is 5.00. The molecule has 156 valence electrons. The minimum Gasteiger partial charge on any atom is -0.477 e. The molecule has 3 N–H and O–H groups in total. The van der Waals surface area contributed by atoms with Crippen LogP contribution in [0.4, 0.5) is 4.79 Å². The van der Waals surface area contributed by atoms with E-state index in [0.717, 1.165) is 16.7 Å². The summed E-state index contributed by atoms with van der Waals surface area (Å²) in [5.41, 5.74) is 1.21. The van der Waals surface area contributed by atoms with Crippen LogP contribution in [0.2, 0.25) is 5.02 Å². The van der Waals surface area contributed by atoms with E-state index in [1.165, 1.54) is 6.08 Å². The van der Waals surface area contributed by atoms with Crippen molar-refractivity contribution in [2.24, 2.45) is 0 Å². The van der Waals surface area contributed by atoms with E-state index >= 15 is 0 Å². The Balaban J connectivity index is 1.79. The number of aromatic nitrogens is 1. The fraction of sp³-hybridized carbons (Fsp3) is 0.263. The lowest BCUT2D eigenvalue weighted by atomic mass is 9.86. The van der Waals surface area contributed by atoms with E-state index in [0.29, 0.717) is 27.6 Å². The number of aliphatic carboxylic acids is 1. The van der Waals surface area contributed by atoms with Crippen molar-refractivity contribution in [1.29, 1.82) is 0 Å². The standard InChI is InChI=1S/C19H16ClN3O6S/c1-8-12(14(22-29-8)9-5-3-4-6-10(9)20)13-15(24)23-11(17(25)26)7-19(2,21-18(27)28)30-16(13)23/h3-7,13,16,21H,1-2H3,(H,25,26)(H,27,28)/t13?,16-,19?/m1/s1. The molecule has 11 heteroatoms. The van der Waals surface area contributed by atoms with Crippen molar-refractivity contribution >= 4 is 41.3 Å². The molecule has 0 aliphatic carbocycles. The van der Waals surface area contributed by atoms with Crippen LogP contribution in [-0.2, 0) is 9.59 Å². The summed E-state index contributed by atoms with van der Waals surface area (Å²) in [7, 11) is 0. The predicted octanol–water partition coefficient (Wildman–Crippen LogP) is 3.25. The minimum atomic E-state index is -1.32. The summed E-state index contributed by atoms with van der Waals surface area (Å²) in [6.45, 7) is 3.20. The van der Waals surface area contributed by atoms with Gasteiger partial charge in [0.15, 0.2) is 0 Å². The van der Waals surface area contributed by atoms with Gasteiger partial charge >= 0.3 is 12.1 Å². The zero-order chi connectivity index (χ0) is 21.8. The van der Waals surface area contributed by atoms with Gasteiger partial charge in [-0.2, -0.15) is 0 Å². The molecule has 4 rings (SSSR count). The van der Waals surface area contributed by atoms with Gasteiger partial charge in [0, 0.05) is 11.1 Å². The van der Waals surface area contributed by atoms with Crippen molar-refractivity contribution in [3.63, 3.8) is 0 Å². The van der Waals surface area contributed by atoms with Crippen molar-refractivity contribution in [3.8, 4) is 11.3 Å². The summed E-state index contributed by atoms with van der Waals surface area (Å²) >= 11 is 7.43. The average molecular weight is 450 g/mol. The van der Waals surface area contributed by atoms with Gasteiger partial charge in [-0.25, -0.2) is 9.59 Å².